The van der Waals surface area contributed by atoms with Gasteiger partial charge in [0.1, 0.15) is 5.60 Å². The van der Waals surface area contributed by atoms with Gasteiger partial charge in [0, 0.05) is 12.1 Å². The average molecular weight is 227 g/mol. The molecule has 0 aromatic carbocycles. The first-order valence-electron chi connectivity index (χ1n) is 6.06. The Bertz CT molecular complexity index is 270. The van der Waals surface area contributed by atoms with Crippen LogP contribution in [0, 0.1) is 0 Å². The number of fused-ring (bicyclic) bond motifs is 2. The number of aliphatic hydroxyl groups is 1. The first-order chi connectivity index (χ1) is 7.37. The van der Waals surface area contributed by atoms with E-state index in [-0.39, 0.29) is 24.3 Å². The second kappa shape index (κ2) is 3.91. The van der Waals surface area contributed by atoms with Gasteiger partial charge in [0.05, 0.1) is 6.10 Å². The molecule has 1 unspecified atom stereocenters. The summed E-state index contributed by atoms with van der Waals surface area (Å²) >= 11 is 0. The van der Waals surface area contributed by atoms with Crippen molar-refractivity contribution < 1.29 is 14.6 Å². The van der Waals surface area contributed by atoms with Crippen molar-refractivity contribution in [2.75, 3.05) is 0 Å². The van der Waals surface area contributed by atoms with E-state index in [2.05, 4.69) is 0 Å². The average Bonchev–Trinajstić information content (AvgIpc) is 2.36. The summed E-state index contributed by atoms with van der Waals surface area (Å²) in [5.41, 5.74) is -0.438. The summed E-state index contributed by atoms with van der Waals surface area (Å²) in [6.07, 6.45) is 2.95. The minimum Gasteiger partial charge on any atom is -0.444 e. The number of carbonyl (C=O) groups excluding carboxylic acids is 1. The number of aliphatic hydroxyl groups excluding tert-OH is 1. The molecule has 3 atom stereocenters. The molecule has 2 saturated heterocycles. The second-order valence-corrected chi connectivity index (χ2v) is 5.90. The van der Waals surface area contributed by atoms with E-state index in [1.54, 1.807) is 0 Å². The lowest BCUT2D eigenvalue weighted by molar-refractivity contribution is -0.0110. The quantitative estimate of drug-likeness (QED) is 0.687. The minimum atomic E-state index is -0.438. The van der Waals surface area contributed by atoms with Crippen molar-refractivity contribution in [2.45, 2.75) is 70.2 Å². The molecule has 0 saturated carbocycles. The Morgan fingerprint density at radius 2 is 1.75 bits per heavy atom. The van der Waals surface area contributed by atoms with E-state index in [9.17, 15) is 9.90 Å². The number of hydrogen-bond acceptors (Lipinski definition) is 3. The molecule has 2 aliphatic heterocycles. The maximum absolute atomic E-state index is 12.0. The van der Waals surface area contributed by atoms with Gasteiger partial charge in [0.25, 0.3) is 0 Å². The summed E-state index contributed by atoms with van der Waals surface area (Å²) in [6.45, 7) is 5.64. The molecule has 2 bridgehead atoms. The maximum atomic E-state index is 12.0. The van der Waals surface area contributed by atoms with Gasteiger partial charge in [-0.25, -0.2) is 4.79 Å². The highest BCUT2D eigenvalue weighted by Crippen LogP contribution is 2.36. The van der Waals surface area contributed by atoms with Gasteiger partial charge in [-0.1, -0.05) is 0 Å². The number of amides is 1. The molecule has 2 aliphatic rings. The molecule has 4 nitrogen and oxygen atoms in total. The smallest absolute Gasteiger partial charge is 0.410 e. The molecule has 1 amide bonds. The van der Waals surface area contributed by atoms with Gasteiger partial charge in [-0.15, -0.1) is 0 Å². The number of nitrogens with zero attached hydrogens (tertiary/aromatic N) is 1. The maximum Gasteiger partial charge on any atom is 0.410 e. The van der Waals surface area contributed by atoms with E-state index in [1.165, 1.54) is 0 Å². The SMILES string of the molecule is CC(C)(C)OC(=O)N1C2CC[C@H]1C[C@@H](O)C2. The lowest BCUT2D eigenvalue weighted by atomic mass is 10.0. The van der Waals surface area contributed by atoms with Gasteiger partial charge in [-0.3, -0.25) is 0 Å². The van der Waals surface area contributed by atoms with E-state index >= 15 is 0 Å². The third kappa shape index (κ3) is 2.32. The lowest BCUT2D eigenvalue weighted by Gasteiger charge is -2.37. The van der Waals surface area contributed by atoms with Gasteiger partial charge in [-0.2, -0.15) is 0 Å². The largest absolute Gasteiger partial charge is 0.444 e. The highest BCUT2D eigenvalue weighted by molar-refractivity contribution is 5.69. The Kier molecular flexibility index (Phi) is 2.86. The zero-order valence-corrected chi connectivity index (χ0v) is 10.3. The predicted molar refractivity (Wildman–Crippen MR) is 60.1 cm³/mol. The monoisotopic (exact) mass is 227 g/mol. The standard InChI is InChI=1S/C12H21NO3/c1-12(2,3)16-11(15)13-8-4-5-9(13)7-10(14)6-8/h8-10,14H,4-7H2,1-3H3/t8-,9?,10+/m0/s1. The van der Waals surface area contributed by atoms with Gasteiger partial charge in [0.15, 0.2) is 0 Å². The molecule has 16 heavy (non-hydrogen) atoms. The van der Waals surface area contributed by atoms with Gasteiger partial charge < -0.3 is 14.7 Å². The molecular formula is C12H21NO3. The van der Waals surface area contributed by atoms with Crippen molar-refractivity contribution in [2.24, 2.45) is 0 Å². The minimum absolute atomic E-state index is 0.184. The Morgan fingerprint density at radius 1 is 1.25 bits per heavy atom. The fraction of sp³-hybridized carbons (Fsp3) is 0.917. The van der Waals surface area contributed by atoms with E-state index in [1.807, 2.05) is 25.7 Å². The number of rotatable bonds is 0. The van der Waals surface area contributed by atoms with E-state index in [4.69, 9.17) is 4.74 Å². The molecule has 4 heteroatoms. The lowest BCUT2D eigenvalue weighted by Crippen LogP contribution is -2.49. The zero-order valence-electron chi connectivity index (χ0n) is 10.3. The summed E-state index contributed by atoms with van der Waals surface area (Å²) in [6, 6.07) is 0.368. The number of hydrogen-bond donors (Lipinski definition) is 1. The first-order valence-corrected chi connectivity index (χ1v) is 6.06. The molecule has 2 rings (SSSR count). The normalized spacial score (nSPS) is 34.0. The molecule has 0 aromatic heterocycles. The Labute approximate surface area is 96.6 Å². The highest BCUT2D eigenvalue weighted by atomic mass is 16.6. The number of carbonyl (C=O) groups is 1. The summed E-state index contributed by atoms with van der Waals surface area (Å²) in [4.78, 5) is 13.8. The van der Waals surface area contributed by atoms with Crippen molar-refractivity contribution in [3.05, 3.63) is 0 Å². The Hall–Kier alpha value is -0.770. The van der Waals surface area contributed by atoms with Crippen LogP contribution < -0.4 is 0 Å². The Morgan fingerprint density at radius 3 is 2.19 bits per heavy atom. The van der Waals surface area contributed by atoms with Crippen molar-refractivity contribution in [3.63, 3.8) is 0 Å². The summed E-state index contributed by atoms with van der Waals surface area (Å²) in [5.74, 6) is 0. The van der Waals surface area contributed by atoms with Gasteiger partial charge >= 0.3 is 6.09 Å². The summed E-state index contributed by atoms with van der Waals surface area (Å²) in [5, 5.41) is 9.64. The van der Waals surface area contributed by atoms with Crippen LogP contribution in [0.15, 0.2) is 0 Å². The third-order valence-corrected chi connectivity index (χ3v) is 3.31. The molecule has 1 N–H and O–H groups in total. The van der Waals surface area contributed by atoms with Crippen LogP contribution in [-0.2, 0) is 4.74 Å². The van der Waals surface area contributed by atoms with Crippen LogP contribution in [0.1, 0.15) is 46.5 Å². The van der Waals surface area contributed by atoms with Crippen LogP contribution in [0.3, 0.4) is 0 Å². The van der Waals surface area contributed by atoms with Crippen LogP contribution in [0.5, 0.6) is 0 Å². The van der Waals surface area contributed by atoms with Gasteiger partial charge in [-0.05, 0) is 46.5 Å². The summed E-state index contributed by atoms with van der Waals surface area (Å²) in [7, 11) is 0. The number of ether oxygens (including phenoxy) is 1. The molecule has 0 aliphatic carbocycles. The second-order valence-electron chi connectivity index (χ2n) is 5.90. The molecule has 2 heterocycles. The van der Waals surface area contributed by atoms with Crippen LogP contribution >= 0.6 is 0 Å². The van der Waals surface area contributed by atoms with Crippen LogP contribution in [-0.4, -0.2) is 39.9 Å². The Balaban J connectivity index is 2.03. The van der Waals surface area contributed by atoms with Crippen LogP contribution in [0.4, 0.5) is 4.79 Å². The van der Waals surface area contributed by atoms with Crippen molar-refractivity contribution in [3.8, 4) is 0 Å². The fourth-order valence-electron chi connectivity index (χ4n) is 2.76. The van der Waals surface area contributed by atoms with Crippen LogP contribution in [0.2, 0.25) is 0 Å². The molecule has 0 spiro atoms. The number of piperidine rings is 1. The van der Waals surface area contributed by atoms with E-state index in [0.29, 0.717) is 12.8 Å². The van der Waals surface area contributed by atoms with Crippen molar-refractivity contribution in [1.29, 1.82) is 0 Å². The molecule has 92 valence electrons. The fourth-order valence-corrected chi connectivity index (χ4v) is 2.76. The third-order valence-electron chi connectivity index (χ3n) is 3.31. The van der Waals surface area contributed by atoms with E-state index < -0.39 is 5.60 Å². The first kappa shape index (κ1) is 11.7. The molecule has 2 fully saturated rings. The van der Waals surface area contributed by atoms with E-state index in [0.717, 1.165) is 12.8 Å². The van der Waals surface area contributed by atoms with Crippen LogP contribution in [0.25, 0.3) is 0 Å². The highest BCUT2D eigenvalue weighted by Gasteiger charge is 2.44. The zero-order chi connectivity index (χ0) is 11.9. The molecule has 0 radical (unpaired) electrons. The van der Waals surface area contributed by atoms with Gasteiger partial charge in [0.2, 0.25) is 0 Å². The summed E-state index contributed by atoms with van der Waals surface area (Å²) < 4.78 is 5.40. The van der Waals surface area contributed by atoms with Crippen molar-refractivity contribution in [1.82, 2.24) is 4.90 Å². The predicted octanol–water partition coefficient (Wildman–Crippen LogP) is 1.91. The van der Waals surface area contributed by atoms with Crippen molar-refractivity contribution >= 4 is 6.09 Å². The topological polar surface area (TPSA) is 49.8 Å². The molecular weight excluding hydrogens is 206 g/mol. The molecule has 0 aromatic rings.